The summed E-state index contributed by atoms with van der Waals surface area (Å²) in [6.45, 7) is 7.58. The maximum Gasteiger partial charge on any atom is 0.289 e. The largest absolute Gasteiger partial charge is 0.451 e. The van der Waals surface area contributed by atoms with Crippen molar-refractivity contribution in [2.45, 2.75) is 26.7 Å². The third-order valence-corrected chi connectivity index (χ3v) is 6.39. The Morgan fingerprint density at radius 3 is 2.59 bits per heavy atom. The fraction of sp³-hybridized carbons (Fsp3) is 0.346. The molecule has 0 unspecified atom stereocenters. The summed E-state index contributed by atoms with van der Waals surface area (Å²) in [6.07, 6.45) is 1.62. The van der Waals surface area contributed by atoms with Crippen molar-refractivity contribution in [3.63, 3.8) is 0 Å². The van der Waals surface area contributed by atoms with Crippen LogP contribution >= 0.6 is 0 Å². The van der Waals surface area contributed by atoms with E-state index in [1.54, 1.807) is 13.0 Å². The summed E-state index contributed by atoms with van der Waals surface area (Å²) in [4.78, 5) is 21.7. The van der Waals surface area contributed by atoms with Crippen molar-refractivity contribution in [1.82, 2.24) is 19.9 Å². The van der Waals surface area contributed by atoms with Crippen LogP contribution in [0.2, 0.25) is 0 Å². The number of piperazine rings is 1. The van der Waals surface area contributed by atoms with Gasteiger partial charge in [-0.15, -0.1) is 0 Å². The smallest absolute Gasteiger partial charge is 0.289 e. The number of benzene rings is 2. The molecule has 0 N–H and O–H groups in total. The van der Waals surface area contributed by atoms with Crippen LogP contribution in [0.1, 0.15) is 34.0 Å². The molecule has 0 atom stereocenters. The Labute approximate surface area is 197 Å². The number of carbonyl (C=O) groups is 1. The lowest BCUT2D eigenvalue weighted by Crippen LogP contribution is -2.48. The van der Waals surface area contributed by atoms with Crippen LogP contribution in [0.3, 0.4) is 0 Å². The van der Waals surface area contributed by atoms with Crippen molar-refractivity contribution < 1.29 is 18.1 Å². The molecule has 0 aliphatic carbocycles. The first-order chi connectivity index (χ1) is 16.5. The van der Waals surface area contributed by atoms with Crippen LogP contribution in [-0.4, -0.2) is 58.6 Å². The fourth-order valence-electron chi connectivity index (χ4n) is 4.35. The molecule has 0 spiro atoms. The normalized spacial score (nSPS) is 14.7. The Kier molecular flexibility index (Phi) is 6.15. The number of nitrogens with zero attached hydrogens (tertiary/aromatic N) is 4. The number of hydrogen-bond acceptors (Lipinski definition) is 6. The molecular weight excluding hydrogens is 435 g/mol. The van der Waals surface area contributed by atoms with Gasteiger partial charge in [0.15, 0.2) is 5.76 Å². The maximum absolute atomic E-state index is 13.6. The van der Waals surface area contributed by atoms with Crippen LogP contribution < -0.4 is 0 Å². The molecule has 4 aromatic rings. The van der Waals surface area contributed by atoms with Gasteiger partial charge in [0.2, 0.25) is 11.7 Å². The molecule has 34 heavy (non-hydrogen) atoms. The first-order valence-corrected chi connectivity index (χ1v) is 11.6. The van der Waals surface area contributed by atoms with Gasteiger partial charge in [-0.25, -0.2) is 4.39 Å². The Morgan fingerprint density at radius 1 is 1.06 bits per heavy atom. The van der Waals surface area contributed by atoms with Crippen LogP contribution in [0.25, 0.3) is 22.4 Å². The van der Waals surface area contributed by atoms with E-state index in [0.717, 1.165) is 31.6 Å². The third-order valence-electron chi connectivity index (χ3n) is 6.39. The summed E-state index contributed by atoms with van der Waals surface area (Å²) in [5.74, 6) is 1.08. The highest BCUT2D eigenvalue weighted by Gasteiger charge is 2.26. The summed E-state index contributed by atoms with van der Waals surface area (Å²) in [5.41, 5.74) is 3.36. The number of halogens is 1. The first kappa shape index (κ1) is 22.3. The van der Waals surface area contributed by atoms with Gasteiger partial charge in [0.25, 0.3) is 5.91 Å². The molecule has 2 aromatic carbocycles. The van der Waals surface area contributed by atoms with Crippen LogP contribution in [-0.2, 0) is 6.42 Å². The fourth-order valence-corrected chi connectivity index (χ4v) is 4.35. The second-order valence-electron chi connectivity index (χ2n) is 8.81. The number of fused-ring (bicyclic) bond motifs is 1. The highest BCUT2D eigenvalue weighted by Crippen LogP contribution is 2.27. The van der Waals surface area contributed by atoms with Crippen molar-refractivity contribution in [2.75, 3.05) is 32.7 Å². The molecule has 2 aromatic heterocycles. The van der Waals surface area contributed by atoms with Crippen LogP contribution in [0.5, 0.6) is 0 Å². The summed E-state index contributed by atoms with van der Waals surface area (Å²) in [5, 5.41) is 4.74. The number of rotatable bonds is 6. The second kappa shape index (κ2) is 9.38. The Morgan fingerprint density at radius 2 is 1.82 bits per heavy atom. The number of hydrogen-bond donors (Lipinski definition) is 0. The minimum atomic E-state index is -0.337. The van der Waals surface area contributed by atoms with Gasteiger partial charge >= 0.3 is 0 Å². The SMILES string of the molecule is Cc1ccc(-c2noc(CCCN3CCN(C(=O)c4oc5ccc(F)cc5c4C)CC3)n2)cc1. The molecule has 1 aliphatic heterocycles. The molecule has 3 heterocycles. The van der Waals surface area contributed by atoms with Gasteiger partial charge in [-0.05, 0) is 45.0 Å². The number of aromatic nitrogens is 2. The van der Waals surface area contributed by atoms with E-state index < -0.39 is 0 Å². The molecule has 1 aliphatic rings. The summed E-state index contributed by atoms with van der Waals surface area (Å²) < 4.78 is 24.7. The molecule has 0 radical (unpaired) electrons. The summed E-state index contributed by atoms with van der Waals surface area (Å²) >= 11 is 0. The quantitative estimate of drug-likeness (QED) is 0.416. The molecule has 176 valence electrons. The van der Waals surface area contributed by atoms with E-state index in [4.69, 9.17) is 8.94 Å². The monoisotopic (exact) mass is 462 g/mol. The highest BCUT2D eigenvalue weighted by atomic mass is 19.1. The van der Waals surface area contributed by atoms with E-state index in [-0.39, 0.29) is 11.7 Å². The first-order valence-electron chi connectivity index (χ1n) is 11.6. The topological polar surface area (TPSA) is 75.6 Å². The van der Waals surface area contributed by atoms with E-state index in [9.17, 15) is 9.18 Å². The molecular formula is C26H27FN4O3. The van der Waals surface area contributed by atoms with E-state index in [1.165, 1.54) is 17.7 Å². The highest BCUT2D eigenvalue weighted by molar-refractivity contribution is 5.99. The maximum atomic E-state index is 13.6. The van der Waals surface area contributed by atoms with Crippen molar-refractivity contribution in [3.8, 4) is 11.4 Å². The van der Waals surface area contributed by atoms with Crippen molar-refractivity contribution in [2.24, 2.45) is 0 Å². The predicted molar refractivity (Wildman–Crippen MR) is 126 cm³/mol. The predicted octanol–water partition coefficient (Wildman–Crippen LogP) is 4.63. The summed E-state index contributed by atoms with van der Waals surface area (Å²) in [6, 6.07) is 12.4. The molecule has 1 fully saturated rings. The van der Waals surface area contributed by atoms with Crippen LogP contribution in [0, 0.1) is 19.7 Å². The van der Waals surface area contributed by atoms with E-state index >= 15 is 0 Å². The zero-order valence-electron chi connectivity index (χ0n) is 19.4. The lowest BCUT2D eigenvalue weighted by atomic mass is 10.1. The lowest BCUT2D eigenvalue weighted by molar-refractivity contribution is 0.0606. The lowest BCUT2D eigenvalue weighted by Gasteiger charge is -2.34. The van der Waals surface area contributed by atoms with Gasteiger partial charge in [0.1, 0.15) is 11.4 Å². The number of aryl methyl sites for hydroxylation is 3. The molecule has 8 heteroatoms. The molecule has 1 amide bonds. The van der Waals surface area contributed by atoms with Gasteiger partial charge < -0.3 is 13.8 Å². The van der Waals surface area contributed by atoms with Crippen LogP contribution in [0.15, 0.2) is 51.4 Å². The minimum Gasteiger partial charge on any atom is -0.451 e. The van der Waals surface area contributed by atoms with Gasteiger partial charge in [-0.3, -0.25) is 9.69 Å². The van der Waals surface area contributed by atoms with Crippen molar-refractivity contribution >= 4 is 16.9 Å². The molecule has 0 bridgehead atoms. The van der Waals surface area contributed by atoms with Gasteiger partial charge in [0, 0.05) is 49.1 Å². The average molecular weight is 463 g/mol. The van der Waals surface area contributed by atoms with Gasteiger partial charge in [-0.1, -0.05) is 35.0 Å². The number of carbonyl (C=O) groups excluding carboxylic acids is 1. The molecule has 0 saturated carbocycles. The molecule has 5 rings (SSSR count). The Hall–Kier alpha value is -3.52. The van der Waals surface area contributed by atoms with E-state index in [1.807, 2.05) is 36.1 Å². The average Bonchev–Trinajstić information content (AvgIpc) is 3.44. The molecule has 7 nitrogen and oxygen atoms in total. The number of furan rings is 1. The van der Waals surface area contributed by atoms with E-state index in [0.29, 0.717) is 53.5 Å². The van der Waals surface area contributed by atoms with Gasteiger partial charge in [0.05, 0.1) is 0 Å². The molecule has 1 saturated heterocycles. The Bertz CT molecular complexity index is 1300. The Balaban J connectivity index is 1.11. The van der Waals surface area contributed by atoms with Crippen LogP contribution in [0.4, 0.5) is 4.39 Å². The van der Waals surface area contributed by atoms with Crippen molar-refractivity contribution in [1.29, 1.82) is 0 Å². The zero-order valence-corrected chi connectivity index (χ0v) is 19.4. The standard InChI is InChI=1S/C26H27FN4O3/c1-17-5-7-19(8-6-17)25-28-23(34-29-25)4-3-11-30-12-14-31(15-13-30)26(32)24-18(2)21-16-20(27)9-10-22(21)33-24/h5-10,16H,3-4,11-15H2,1-2H3. The van der Waals surface area contributed by atoms with Crippen molar-refractivity contribution in [3.05, 3.63) is 71.1 Å². The van der Waals surface area contributed by atoms with E-state index in [2.05, 4.69) is 15.0 Å². The second-order valence-corrected chi connectivity index (χ2v) is 8.81. The minimum absolute atomic E-state index is 0.136. The van der Waals surface area contributed by atoms with Gasteiger partial charge in [-0.2, -0.15) is 4.98 Å². The summed E-state index contributed by atoms with van der Waals surface area (Å²) in [7, 11) is 0. The number of amides is 1. The zero-order chi connectivity index (χ0) is 23.7. The third kappa shape index (κ3) is 4.59.